The van der Waals surface area contributed by atoms with Crippen molar-refractivity contribution >= 4 is 34.9 Å². The molecular formula is C9H6Cl2N2OS. The zero-order valence-electron chi connectivity index (χ0n) is 7.70. The molecule has 0 saturated heterocycles. The zero-order valence-corrected chi connectivity index (χ0v) is 10.0. The number of methoxy groups -OCH3 is 1. The van der Waals surface area contributed by atoms with Gasteiger partial charge in [0.25, 0.3) is 0 Å². The van der Waals surface area contributed by atoms with Crippen molar-refractivity contribution < 1.29 is 4.74 Å². The summed E-state index contributed by atoms with van der Waals surface area (Å²) in [6, 6.07) is 5.31. The maximum absolute atomic E-state index is 5.93. The minimum atomic E-state index is 0.379. The molecule has 1 aromatic carbocycles. The Morgan fingerprint density at radius 3 is 2.60 bits per heavy atom. The molecule has 0 spiro atoms. The Morgan fingerprint density at radius 2 is 2.00 bits per heavy atom. The first kappa shape index (κ1) is 10.7. The number of hydrogen-bond acceptors (Lipinski definition) is 4. The third-order valence-corrected chi connectivity index (χ3v) is 2.94. The van der Waals surface area contributed by atoms with Gasteiger partial charge in [-0.15, -0.1) is 0 Å². The summed E-state index contributed by atoms with van der Waals surface area (Å²) in [6.45, 7) is 0. The van der Waals surface area contributed by atoms with E-state index in [1.165, 1.54) is 0 Å². The summed E-state index contributed by atoms with van der Waals surface area (Å²) in [6.07, 6.45) is 0. The van der Waals surface area contributed by atoms with Crippen LogP contribution < -0.4 is 4.74 Å². The number of rotatable bonds is 2. The third-order valence-electron chi connectivity index (χ3n) is 1.83. The SMILES string of the molecule is COc1cc(Cl)cc(-c2nsnc2Cl)c1. The van der Waals surface area contributed by atoms with Gasteiger partial charge < -0.3 is 4.74 Å². The van der Waals surface area contributed by atoms with E-state index in [0.717, 1.165) is 17.3 Å². The average Bonchev–Trinajstić information content (AvgIpc) is 2.63. The molecule has 0 aliphatic heterocycles. The van der Waals surface area contributed by atoms with E-state index in [4.69, 9.17) is 27.9 Å². The standard InChI is InChI=1S/C9H6Cl2N2OS/c1-14-7-3-5(2-6(10)4-7)8-9(11)13-15-12-8/h2-4H,1H3. The summed E-state index contributed by atoms with van der Waals surface area (Å²) < 4.78 is 13.1. The fraction of sp³-hybridized carbons (Fsp3) is 0.111. The fourth-order valence-electron chi connectivity index (χ4n) is 1.17. The van der Waals surface area contributed by atoms with E-state index in [2.05, 4.69) is 8.75 Å². The van der Waals surface area contributed by atoms with Crippen LogP contribution in [0, 0.1) is 0 Å². The summed E-state index contributed by atoms with van der Waals surface area (Å²) in [5, 5.41) is 0.956. The molecule has 2 aromatic rings. The van der Waals surface area contributed by atoms with Crippen molar-refractivity contribution in [2.45, 2.75) is 0 Å². The predicted molar refractivity (Wildman–Crippen MR) is 61.9 cm³/mol. The van der Waals surface area contributed by atoms with E-state index in [-0.39, 0.29) is 0 Å². The predicted octanol–water partition coefficient (Wildman–Crippen LogP) is 3.52. The van der Waals surface area contributed by atoms with Crippen molar-refractivity contribution in [1.82, 2.24) is 8.75 Å². The second-order valence-electron chi connectivity index (χ2n) is 2.78. The summed E-state index contributed by atoms with van der Waals surface area (Å²) >= 11 is 12.9. The average molecular weight is 261 g/mol. The molecular weight excluding hydrogens is 255 g/mol. The molecule has 0 aliphatic rings. The highest BCUT2D eigenvalue weighted by Crippen LogP contribution is 2.31. The molecule has 1 aromatic heterocycles. The normalized spacial score (nSPS) is 10.3. The molecule has 0 unspecified atom stereocenters. The first-order valence-electron chi connectivity index (χ1n) is 4.03. The van der Waals surface area contributed by atoms with Crippen molar-refractivity contribution in [1.29, 1.82) is 0 Å². The summed E-state index contributed by atoms with van der Waals surface area (Å²) in [7, 11) is 1.58. The number of hydrogen-bond donors (Lipinski definition) is 0. The number of benzene rings is 1. The Hall–Kier alpha value is -0.840. The lowest BCUT2D eigenvalue weighted by Gasteiger charge is -2.03. The molecule has 1 heterocycles. The highest BCUT2D eigenvalue weighted by molar-refractivity contribution is 6.99. The van der Waals surface area contributed by atoms with Crippen LogP contribution >= 0.6 is 34.9 Å². The van der Waals surface area contributed by atoms with Crippen LogP contribution in [-0.2, 0) is 0 Å². The maximum Gasteiger partial charge on any atom is 0.170 e. The fourth-order valence-corrected chi connectivity index (χ4v) is 2.16. The van der Waals surface area contributed by atoms with E-state index < -0.39 is 0 Å². The number of halogens is 2. The van der Waals surface area contributed by atoms with Gasteiger partial charge in [-0.2, -0.15) is 8.75 Å². The van der Waals surface area contributed by atoms with Gasteiger partial charge in [-0.1, -0.05) is 23.2 Å². The molecule has 0 amide bonds. The Kier molecular flexibility index (Phi) is 3.09. The van der Waals surface area contributed by atoms with Crippen LogP contribution in [0.5, 0.6) is 5.75 Å². The molecule has 0 N–H and O–H groups in total. The molecule has 3 nitrogen and oxygen atoms in total. The number of ether oxygens (including phenoxy) is 1. The summed E-state index contributed by atoms with van der Waals surface area (Å²) in [4.78, 5) is 0. The molecule has 15 heavy (non-hydrogen) atoms. The van der Waals surface area contributed by atoms with Crippen LogP contribution in [0.3, 0.4) is 0 Å². The van der Waals surface area contributed by atoms with Crippen molar-refractivity contribution in [2.75, 3.05) is 7.11 Å². The van der Waals surface area contributed by atoms with E-state index >= 15 is 0 Å². The Bertz CT molecular complexity index is 487. The molecule has 0 aliphatic carbocycles. The van der Waals surface area contributed by atoms with Crippen molar-refractivity contribution in [3.05, 3.63) is 28.4 Å². The van der Waals surface area contributed by atoms with Gasteiger partial charge >= 0.3 is 0 Å². The third kappa shape index (κ3) is 2.22. The van der Waals surface area contributed by atoms with Crippen LogP contribution in [0.4, 0.5) is 0 Å². The molecule has 0 saturated carbocycles. The van der Waals surface area contributed by atoms with Gasteiger partial charge in [-0.05, 0) is 18.2 Å². The van der Waals surface area contributed by atoms with E-state index in [0.29, 0.717) is 21.6 Å². The van der Waals surface area contributed by atoms with Gasteiger partial charge in [0, 0.05) is 10.6 Å². The highest BCUT2D eigenvalue weighted by Gasteiger charge is 2.10. The van der Waals surface area contributed by atoms with Crippen LogP contribution in [0.1, 0.15) is 0 Å². The lowest BCUT2D eigenvalue weighted by atomic mass is 10.1. The van der Waals surface area contributed by atoms with E-state index in [9.17, 15) is 0 Å². The van der Waals surface area contributed by atoms with Gasteiger partial charge in [0.15, 0.2) is 5.15 Å². The highest BCUT2D eigenvalue weighted by atomic mass is 35.5. The van der Waals surface area contributed by atoms with Crippen molar-refractivity contribution in [2.24, 2.45) is 0 Å². The zero-order chi connectivity index (χ0) is 10.8. The minimum Gasteiger partial charge on any atom is -0.497 e. The molecule has 0 bridgehead atoms. The first-order valence-corrected chi connectivity index (χ1v) is 5.52. The number of aromatic nitrogens is 2. The van der Waals surface area contributed by atoms with Crippen LogP contribution in [-0.4, -0.2) is 15.9 Å². The van der Waals surface area contributed by atoms with Crippen molar-refractivity contribution in [3.63, 3.8) is 0 Å². The molecule has 2 rings (SSSR count). The van der Waals surface area contributed by atoms with Crippen molar-refractivity contribution in [3.8, 4) is 17.0 Å². The Labute approximate surface area is 101 Å². The van der Waals surface area contributed by atoms with Gasteiger partial charge in [0.05, 0.1) is 18.8 Å². The molecule has 0 fully saturated rings. The van der Waals surface area contributed by atoms with E-state index in [1.807, 2.05) is 6.07 Å². The van der Waals surface area contributed by atoms with Crippen LogP contribution in [0.15, 0.2) is 18.2 Å². The van der Waals surface area contributed by atoms with Gasteiger partial charge in [0.2, 0.25) is 0 Å². The first-order chi connectivity index (χ1) is 7.20. The smallest absolute Gasteiger partial charge is 0.170 e. The largest absolute Gasteiger partial charge is 0.497 e. The monoisotopic (exact) mass is 260 g/mol. The quantitative estimate of drug-likeness (QED) is 0.829. The second kappa shape index (κ2) is 4.35. The van der Waals surface area contributed by atoms with Gasteiger partial charge in [-0.25, -0.2) is 0 Å². The lowest BCUT2D eigenvalue weighted by Crippen LogP contribution is -1.85. The molecule has 78 valence electrons. The molecule has 0 radical (unpaired) electrons. The molecule has 6 heteroatoms. The minimum absolute atomic E-state index is 0.379. The Balaban J connectivity index is 2.53. The topological polar surface area (TPSA) is 35.0 Å². The lowest BCUT2D eigenvalue weighted by molar-refractivity contribution is 0.415. The maximum atomic E-state index is 5.93. The van der Waals surface area contributed by atoms with Crippen LogP contribution in [0.25, 0.3) is 11.3 Å². The second-order valence-corrected chi connectivity index (χ2v) is 4.11. The molecule has 0 atom stereocenters. The van der Waals surface area contributed by atoms with E-state index in [1.54, 1.807) is 19.2 Å². The Morgan fingerprint density at radius 1 is 1.20 bits per heavy atom. The summed E-state index contributed by atoms with van der Waals surface area (Å²) in [5.41, 5.74) is 1.43. The number of nitrogens with zero attached hydrogens (tertiary/aromatic N) is 2. The summed E-state index contributed by atoms with van der Waals surface area (Å²) in [5.74, 6) is 0.668. The van der Waals surface area contributed by atoms with Gasteiger partial charge in [0.1, 0.15) is 11.4 Å². The van der Waals surface area contributed by atoms with Gasteiger partial charge in [-0.3, -0.25) is 0 Å². The van der Waals surface area contributed by atoms with Crippen LogP contribution in [0.2, 0.25) is 10.2 Å².